The van der Waals surface area contributed by atoms with Crippen LogP contribution in [0.4, 0.5) is 0 Å². The zero-order valence-electron chi connectivity index (χ0n) is 10.4. The zero-order chi connectivity index (χ0) is 13.1. The topological polar surface area (TPSA) is 39.2 Å². The van der Waals surface area contributed by atoms with Crippen molar-refractivity contribution in [3.05, 3.63) is 52.9 Å². The van der Waals surface area contributed by atoms with Gasteiger partial charge >= 0.3 is 0 Å². The summed E-state index contributed by atoms with van der Waals surface area (Å²) in [7, 11) is 0. The highest BCUT2D eigenvalue weighted by molar-refractivity contribution is 7.99. The maximum Gasteiger partial charge on any atom is 0.114 e. The summed E-state index contributed by atoms with van der Waals surface area (Å²) in [6.07, 6.45) is 1.70. The predicted molar refractivity (Wildman–Crippen MR) is 77.1 cm³/mol. The molecule has 0 aliphatic heterocycles. The Labute approximate surface area is 117 Å². The standard InChI is InChI=1S/C14H16ClNOS/c1-9(16)14(11-4-3-5-12(15)8-11)18-13-6-7-17-10(13)2/h3-9,14H,16H2,1-2H3. The highest BCUT2D eigenvalue weighted by Gasteiger charge is 2.19. The van der Waals surface area contributed by atoms with E-state index >= 15 is 0 Å². The molecule has 0 aliphatic rings. The van der Waals surface area contributed by atoms with Crippen LogP contribution in [0, 0.1) is 6.92 Å². The first-order valence-corrected chi connectivity index (χ1v) is 7.05. The summed E-state index contributed by atoms with van der Waals surface area (Å²) in [5.41, 5.74) is 7.23. The fraction of sp³-hybridized carbons (Fsp3) is 0.286. The van der Waals surface area contributed by atoms with Crippen molar-refractivity contribution in [1.82, 2.24) is 0 Å². The molecule has 2 unspecified atom stereocenters. The molecule has 4 heteroatoms. The van der Waals surface area contributed by atoms with E-state index in [1.165, 1.54) is 0 Å². The van der Waals surface area contributed by atoms with E-state index in [1.54, 1.807) is 18.0 Å². The number of furan rings is 1. The van der Waals surface area contributed by atoms with E-state index in [-0.39, 0.29) is 11.3 Å². The van der Waals surface area contributed by atoms with Crippen LogP contribution in [0.3, 0.4) is 0 Å². The lowest BCUT2D eigenvalue weighted by atomic mass is 10.1. The number of halogens is 1. The maximum atomic E-state index is 6.09. The number of rotatable bonds is 4. The van der Waals surface area contributed by atoms with Crippen LogP contribution in [0.5, 0.6) is 0 Å². The van der Waals surface area contributed by atoms with Crippen LogP contribution in [0.2, 0.25) is 5.02 Å². The van der Waals surface area contributed by atoms with E-state index < -0.39 is 0 Å². The lowest BCUT2D eigenvalue weighted by Gasteiger charge is -2.20. The highest BCUT2D eigenvalue weighted by Crippen LogP contribution is 2.39. The molecule has 0 aliphatic carbocycles. The molecule has 0 spiro atoms. The molecule has 2 nitrogen and oxygen atoms in total. The summed E-state index contributed by atoms with van der Waals surface area (Å²) in [5.74, 6) is 0.924. The van der Waals surface area contributed by atoms with Crippen molar-refractivity contribution in [2.24, 2.45) is 5.73 Å². The van der Waals surface area contributed by atoms with Crippen molar-refractivity contribution < 1.29 is 4.42 Å². The molecule has 2 atom stereocenters. The molecule has 0 radical (unpaired) electrons. The molecular weight excluding hydrogens is 266 g/mol. The SMILES string of the molecule is Cc1occc1SC(c1cccc(Cl)c1)C(C)N. The minimum absolute atomic E-state index is 0.0303. The highest BCUT2D eigenvalue weighted by atomic mass is 35.5. The third-order valence-corrected chi connectivity index (χ3v) is 4.59. The number of thioether (sulfide) groups is 1. The van der Waals surface area contributed by atoms with Crippen LogP contribution in [-0.4, -0.2) is 6.04 Å². The Morgan fingerprint density at radius 3 is 2.67 bits per heavy atom. The summed E-state index contributed by atoms with van der Waals surface area (Å²) in [6.45, 7) is 3.96. The summed E-state index contributed by atoms with van der Waals surface area (Å²) >= 11 is 7.75. The van der Waals surface area contributed by atoms with Crippen LogP contribution in [0.15, 0.2) is 45.9 Å². The van der Waals surface area contributed by atoms with Crippen LogP contribution in [0.25, 0.3) is 0 Å². The number of benzene rings is 1. The molecule has 0 amide bonds. The van der Waals surface area contributed by atoms with E-state index in [9.17, 15) is 0 Å². The summed E-state index contributed by atoms with van der Waals surface area (Å²) in [5, 5.41) is 0.905. The molecule has 1 aromatic carbocycles. The van der Waals surface area contributed by atoms with Gasteiger partial charge in [-0.3, -0.25) is 0 Å². The van der Waals surface area contributed by atoms with Gasteiger partial charge in [0.15, 0.2) is 0 Å². The van der Waals surface area contributed by atoms with Gasteiger partial charge in [-0.2, -0.15) is 0 Å². The Hall–Kier alpha value is -0.900. The fourth-order valence-electron chi connectivity index (χ4n) is 1.79. The minimum atomic E-state index is 0.0303. The molecular formula is C14H16ClNOS. The Morgan fingerprint density at radius 1 is 1.33 bits per heavy atom. The Kier molecular flexibility index (Phi) is 4.38. The summed E-state index contributed by atoms with van der Waals surface area (Å²) in [6, 6.07) is 9.86. The third kappa shape index (κ3) is 3.10. The van der Waals surface area contributed by atoms with Gasteiger partial charge in [0.25, 0.3) is 0 Å². The van der Waals surface area contributed by atoms with E-state index in [0.29, 0.717) is 0 Å². The van der Waals surface area contributed by atoms with Gasteiger partial charge in [-0.25, -0.2) is 0 Å². The normalized spacial score (nSPS) is 14.4. The molecule has 1 heterocycles. The van der Waals surface area contributed by atoms with Crippen molar-refractivity contribution in [2.45, 2.75) is 30.0 Å². The second kappa shape index (κ2) is 5.83. The van der Waals surface area contributed by atoms with Gasteiger partial charge in [0.1, 0.15) is 5.76 Å². The van der Waals surface area contributed by atoms with E-state index in [0.717, 1.165) is 21.2 Å². The second-order valence-electron chi connectivity index (χ2n) is 4.29. The van der Waals surface area contributed by atoms with Crippen LogP contribution in [0.1, 0.15) is 23.5 Å². The Morgan fingerprint density at radius 2 is 2.11 bits per heavy atom. The molecule has 0 saturated heterocycles. The van der Waals surface area contributed by atoms with Crippen molar-refractivity contribution >= 4 is 23.4 Å². The molecule has 2 N–H and O–H groups in total. The number of nitrogens with two attached hydrogens (primary N) is 1. The molecule has 18 heavy (non-hydrogen) atoms. The fourth-order valence-corrected chi connectivity index (χ4v) is 3.11. The molecule has 1 aromatic heterocycles. The molecule has 2 aromatic rings. The lowest BCUT2D eigenvalue weighted by Crippen LogP contribution is -2.22. The first-order chi connectivity index (χ1) is 8.58. The molecule has 2 rings (SSSR count). The Bertz CT molecular complexity index is 524. The van der Waals surface area contributed by atoms with Crippen molar-refractivity contribution in [2.75, 3.05) is 0 Å². The maximum absolute atomic E-state index is 6.09. The average molecular weight is 282 g/mol. The predicted octanol–water partition coefficient (Wildman–Crippen LogP) is 4.42. The van der Waals surface area contributed by atoms with Gasteiger partial charge in [-0.05, 0) is 37.6 Å². The zero-order valence-corrected chi connectivity index (χ0v) is 12.0. The summed E-state index contributed by atoms with van der Waals surface area (Å²) < 4.78 is 5.32. The van der Waals surface area contributed by atoms with Gasteiger partial charge in [0, 0.05) is 21.2 Å². The van der Waals surface area contributed by atoms with Crippen molar-refractivity contribution in [3.8, 4) is 0 Å². The Balaban J connectivity index is 2.27. The van der Waals surface area contributed by atoms with Crippen LogP contribution < -0.4 is 5.73 Å². The lowest BCUT2D eigenvalue weighted by molar-refractivity contribution is 0.526. The number of hydrogen-bond donors (Lipinski definition) is 1. The second-order valence-corrected chi connectivity index (χ2v) is 5.91. The van der Waals surface area contributed by atoms with Crippen molar-refractivity contribution in [3.63, 3.8) is 0 Å². The number of hydrogen-bond acceptors (Lipinski definition) is 3. The number of aryl methyl sites for hydroxylation is 1. The minimum Gasteiger partial charge on any atom is -0.468 e. The van der Waals surface area contributed by atoms with E-state index in [4.69, 9.17) is 21.8 Å². The largest absolute Gasteiger partial charge is 0.468 e. The first kappa shape index (κ1) is 13.5. The van der Waals surface area contributed by atoms with Gasteiger partial charge in [-0.15, -0.1) is 11.8 Å². The van der Waals surface area contributed by atoms with Crippen molar-refractivity contribution in [1.29, 1.82) is 0 Å². The van der Waals surface area contributed by atoms with Crippen LogP contribution in [-0.2, 0) is 0 Å². The third-order valence-electron chi connectivity index (χ3n) is 2.72. The smallest absolute Gasteiger partial charge is 0.114 e. The molecule has 0 saturated carbocycles. The quantitative estimate of drug-likeness (QED) is 0.843. The van der Waals surface area contributed by atoms with E-state index in [2.05, 4.69) is 6.07 Å². The molecule has 0 fully saturated rings. The monoisotopic (exact) mass is 281 g/mol. The van der Waals surface area contributed by atoms with E-state index in [1.807, 2.05) is 38.1 Å². The molecule has 0 bridgehead atoms. The van der Waals surface area contributed by atoms with Gasteiger partial charge in [0.05, 0.1) is 6.26 Å². The van der Waals surface area contributed by atoms with Gasteiger partial charge in [0.2, 0.25) is 0 Å². The van der Waals surface area contributed by atoms with Gasteiger partial charge in [-0.1, -0.05) is 23.7 Å². The molecule has 96 valence electrons. The summed E-state index contributed by atoms with van der Waals surface area (Å²) in [4.78, 5) is 1.12. The van der Waals surface area contributed by atoms with Crippen LogP contribution >= 0.6 is 23.4 Å². The van der Waals surface area contributed by atoms with Gasteiger partial charge < -0.3 is 10.2 Å². The first-order valence-electron chi connectivity index (χ1n) is 5.79. The average Bonchev–Trinajstić information content (AvgIpc) is 2.71.